The normalized spacial score (nSPS) is 10.2. The van der Waals surface area contributed by atoms with Crippen molar-refractivity contribution in [3.63, 3.8) is 0 Å². The van der Waals surface area contributed by atoms with Crippen LogP contribution in [0.1, 0.15) is 19.9 Å². The second-order valence-corrected chi connectivity index (χ2v) is 2.60. The molecule has 0 aliphatic rings. The van der Waals surface area contributed by atoms with Gasteiger partial charge >= 0.3 is 6.16 Å². The molecule has 1 heterocycles. The summed E-state index contributed by atoms with van der Waals surface area (Å²) in [7, 11) is 0. The van der Waals surface area contributed by atoms with Crippen LogP contribution in [-0.4, -0.2) is 21.0 Å². The molecule has 0 bridgehead atoms. The van der Waals surface area contributed by atoms with Crippen molar-refractivity contribution in [2.75, 3.05) is 0 Å². The van der Waals surface area contributed by atoms with Crippen molar-refractivity contribution >= 4 is 6.16 Å². The van der Waals surface area contributed by atoms with Crippen LogP contribution in [0, 0.1) is 0 Å². The fraction of sp³-hybridized carbons (Fsp3) is 0.429. The summed E-state index contributed by atoms with van der Waals surface area (Å²) in [6.45, 7) is 3.88. The molecule has 0 radical (unpaired) electrons. The Morgan fingerprint density at radius 3 is 2.83 bits per heavy atom. The maximum atomic E-state index is 10.1. The first-order valence-corrected chi connectivity index (χ1v) is 3.55. The number of carbonyl (C=O) groups is 1. The molecule has 0 aromatic carbocycles. The zero-order valence-electron chi connectivity index (χ0n) is 6.89. The molecule has 0 atom stereocenters. The summed E-state index contributed by atoms with van der Waals surface area (Å²) in [4.78, 5) is 10.1. The van der Waals surface area contributed by atoms with Crippen LogP contribution in [0.5, 0.6) is 5.88 Å². The molecule has 0 amide bonds. The van der Waals surface area contributed by atoms with Crippen molar-refractivity contribution in [1.29, 1.82) is 0 Å². The van der Waals surface area contributed by atoms with Gasteiger partial charge in [0.1, 0.15) is 0 Å². The predicted octanol–water partition coefficient (Wildman–Crippen LogP) is 1.52. The molecule has 12 heavy (non-hydrogen) atoms. The lowest BCUT2D eigenvalue weighted by atomic mass is 10.4. The van der Waals surface area contributed by atoms with Gasteiger partial charge in [0, 0.05) is 18.3 Å². The minimum absolute atomic E-state index is 0.108. The van der Waals surface area contributed by atoms with Gasteiger partial charge in [-0.15, -0.1) is 5.10 Å². The molecule has 5 nitrogen and oxygen atoms in total. The zero-order valence-corrected chi connectivity index (χ0v) is 6.89. The van der Waals surface area contributed by atoms with E-state index >= 15 is 0 Å². The first-order chi connectivity index (χ1) is 5.59. The summed E-state index contributed by atoms with van der Waals surface area (Å²) in [5, 5.41) is 12.1. The highest BCUT2D eigenvalue weighted by Gasteiger charge is 2.05. The summed E-state index contributed by atoms with van der Waals surface area (Å²) < 4.78 is 5.95. The van der Waals surface area contributed by atoms with Gasteiger partial charge in [-0.3, -0.25) is 4.68 Å². The molecule has 5 heteroatoms. The van der Waals surface area contributed by atoms with E-state index in [1.54, 1.807) is 10.9 Å². The van der Waals surface area contributed by atoms with E-state index in [9.17, 15) is 4.79 Å². The monoisotopic (exact) mass is 170 g/mol. The Labute approximate surface area is 69.6 Å². The number of hydrogen-bond acceptors (Lipinski definition) is 3. The average Bonchev–Trinajstić information content (AvgIpc) is 2.34. The highest BCUT2D eigenvalue weighted by Crippen LogP contribution is 2.09. The van der Waals surface area contributed by atoms with E-state index in [1.807, 2.05) is 13.8 Å². The lowest BCUT2D eigenvalue weighted by Gasteiger charge is -2.02. The molecule has 0 aliphatic carbocycles. The van der Waals surface area contributed by atoms with Crippen LogP contribution in [0.3, 0.4) is 0 Å². The van der Waals surface area contributed by atoms with E-state index in [4.69, 9.17) is 5.11 Å². The Kier molecular flexibility index (Phi) is 2.32. The van der Waals surface area contributed by atoms with E-state index in [0.717, 1.165) is 0 Å². The molecule has 1 aromatic heterocycles. The van der Waals surface area contributed by atoms with Crippen LogP contribution in [0.25, 0.3) is 0 Å². The largest absolute Gasteiger partial charge is 0.512 e. The Morgan fingerprint density at radius 2 is 2.42 bits per heavy atom. The lowest BCUT2D eigenvalue weighted by Crippen LogP contribution is -2.05. The first-order valence-electron chi connectivity index (χ1n) is 3.55. The second kappa shape index (κ2) is 3.25. The van der Waals surface area contributed by atoms with E-state index in [1.165, 1.54) is 6.07 Å². The number of hydrogen-bond donors (Lipinski definition) is 1. The maximum absolute atomic E-state index is 10.1. The number of ether oxygens (including phenoxy) is 1. The molecule has 1 N–H and O–H groups in total. The van der Waals surface area contributed by atoms with Gasteiger partial charge in [0.15, 0.2) is 0 Å². The summed E-state index contributed by atoms with van der Waals surface area (Å²) >= 11 is 0. The topological polar surface area (TPSA) is 64.3 Å². The van der Waals surface area contributed by atoms with Crippen molar-refractivity contribution in [3.05, 3.63) is 12.3 Å². The third-order valence-corrected chi connectivity index (χ3v) is 1.30. The molecule has 0 spiro atoms. The molecule has 0 aliphatic heterocycles. The van der Waals surface area contributed by atoms with E-state index in [2.05, 4.69) is 9.84 Å². The van der Waals surface area contributed by atoms with Crippen LogP contribution in [0.2, 0.25) is 0 Å². The molecule has 0 saturated heterocycles. The van der Waals surface area contributed by atoms with E-state index in [-0.39, 0.29) is 11.9 Å². The number of rotatable bonds is 2. The van der Waals surface area contributed by atoms with Crippen LogP contribution in [0.4, 0.5) is 4.79 Å². The van der Waals surface area contributed by atoms with Crippen molar-refractivity contribution < 1.29 is 14.6 Å². The summed E-state index contributed by atoms with van der Waals surface area (Å²) in [6.07, 6.45) is 0.326. The Morgan fingerprint density at radius 1 is 1.75 bits per heavy atom. The van der Waals surface area contributed by atoms with Crippen LogP contribution in [-0.2, 0) is 0 Å². The molecular weight excluding hydrogens is 160 g/mol. The molecule has 1 rings (SSSR count). The molecule has 66 valence electrons. The third kappa shape index (κ3) is 1.98. The number of carboxylic acid groups (broad SMARTS) is 1. The quantitative estimate of drug-likeness (QED) is 0.683. The summed E-state index contributed by atoms with van der Waals surface area (Å²) in [5.41, 5.74) is 0. The summed E-state index contributed by atoms with van der Waals surface area (Å²) in [5.74, 6) is 0.108. The van der Waals surface area contributed by atoms with Gasteiger partial charge in [0.05, 0.1) is 0 Å². The van der Waals surface area contributed by atoms with Crippen LogP contribution < -0.4 is 4.74 Å². The van der Waals surface area contributed by atoms with Gasteiger partial charge in [-0.25, -0.2) is 4.79 Å². The van der Waals surface area contributed by atoms with E-state index in [0.29, 0.717) is 0 Å². The minimum atomic E-state index is -1.34. The number of aromatic nitrogens is 2. The van der Waals surface area contributed by atoms with Crippen molar-refractivity contribution in [2.24, 2.45) is 0 Å². The fourth-order valence-electron chi connectivity index (χ4n) is 0.752. The molecule has 0 unspecified atom stereocenters. The highest BCUT2D eigenvalue weighted by atomic mass is 16.7. The molecule has 0 saturated carbocycles. The van der Waals surface area contributed by atoms with Gasteiger partial charge in [0.25, 0.3) is 0 Å². The van der Waals surface area contributed by atoms with Gasteiger partial charge in [0.2, 0.25) is 5.88 Å². The summed E-state index contributed by atoms with van der Waals surface area (Å²) in [6, 6.07) is 1.71. The third-order valence-electron chi connectivity index (χ3n) is 1.30. The van der Waals surface area contributed by atoms with Gasteiger partial charge < -0.3 is 9.84 Å². The fourth-order valence-corrected chi connectivity index (χ4v) is 0.752. The van der Waals surface area contributed by atoms with Gasteiger partial charge in [-0.05, 0) is 13.8 Å². The van der Waals surface area contributed by atoms with Crippen molar-refractivity contribution in [3.8, 4) is 5.88 Å². The number of nitrogens with zero attached hydrogens (tertiary/aromatic N) is 2. The van der Waals surface area contributed by atoms with Gasteiger partial charge in [-0.1, -0.05) is 0 Å². The second-order valence-electron chi connectivity index (χ2n) is 2.60. The van der Waals surface area contributed by atoms with Gasteiger partial charge in [-0.2, -0.15) is 0 Å². The van der Waals surface area contributed by atoms with Crippen molar-refractivity contribution in [1.82, 2.24) is 9.78 Å². The first kappa shape index (κ1) is 8.58. The van der Waals surface area contributed by atoms with Crippen LogP contribution in [0.15, 0.2) is 12.3 Å². The van der Waals surface area contributed by atoms with E-state index < -0.39 is 6.16 Å². The highest BCUT2D eigenvalue weighted by molar-refractivity contribution is 5.60. The molecule has 1 aromatic rings. The standard InChI is InChI=1S/C7H10N2O3/c1-5(2)9-4-3-6(8-9)12-7(10)11/h3-5H,1-2H3,(H,10,11). The van der Waals surface area contributed by atoms with Crippen LogP contribution >= 0.6 is 0 Å². The Hall–Kier alpha value is -1.52. The Bertz CT molecular complexity index is 280. The van der Waals surface area contributed by atoms with Crippen molar-refractivity contribution in [2.45, 2.75) is 19.9 Å². The maximum Gasteiger partial charge on any atom is 0.512 e. The lowest BCUT2D eigenvalue weighted by molar-refractivity contribution is 0.142. The predicted molar refractivity (Wildman–Crippen MR) is 41.3 cm³/mol. The Balaban J connectivity index is 2.70. The smallest absolute Gasteiger partial charge is 0.449 e. The zero-order chi connectivity index (χ0) is 9.14. The molecule has 0 fully saturated rings. The SMILES string of the molecule is CC(C)n1ccc(OC(=O)O)n1. The minimum Gasteiger partial charge on any atom is -0.449 e. The molecular formula is C7H10N2O3. The average molecular weight is 170 g/mol.